The highest BCUT2D eigenvalue weighted by molar-refractivity contribution is 5.95. The van der Waals surface area contributed by atoms with Crippen molar-refractivity contribution in [3.63, 3.8) is 0 Å². The third-order valence-electron chi connectivity index (χ3n) is 4.58. The van der Waals surface area contributed by atoms with Crippen molar-refractivity contribution < 1.29 is 15.0 Å². The summed E-state index contributed by atoms with van der Waals surface area (Å²) >= 11 is 0. The van der Waals surface area contributed by atoms with Crippen molar-refractivity contribution in [2.24, 2.45) is 0 Å². The van der Waals surface area contributed by atoms with Gasteiger partial charge in [0, 0.05) is 37.3 Å². The highest BCUT2D eigenvalue weighted by Gasteiger charge is 2.21. The summed E-state index contributed by atoms with van der Waals surface area (Å²) in [6.45, 7) is 4.90. The first-order valence-electron chi connectivity index (χ1n) is 8.61. The Hall–Kier alpha value is -2.53. The average Bonchev–Trinajstić information content (AvgIpc) is 2.56. The lowest BCUT2D eigenvalue weighted by Gasteiger charge is -2.32. The van der Waals surface area contributed by atoms with Crippen molar-refractivity contribution in [2.75, 3.05) is 13.1 Å². The van der Waals surface area contributed by atoms with Gasteiger partial charge in [-0.1, -0.05) is 29.8 Å². The van der Waals surface area contributed by atoms with Gasteiger partial charge in [0.25, 0.3) is 5.91 Å². The Labute approximate surface area is 147 Å². The van der Waals surface area contributed by atoms with E-state index in [0.717, 1.165) is 32.5 Å². The number of phenolic OH excluding ortho intramolecular Hbond substituents is 2. The van der Waals surface area contributed by atoms with Crippen LogP contribution in [0.1, 0.15) is 34.3 Å². The van der Waals surface area contributed by atoms with Crippen LogP contribution in [-0.2, 0) is 6.54 Å². The Balaban J connectivity index is 1.51. The summed E-state index contributed by atoms with van der Waals surface area (Å²) in [5, 5.41) is 22.0. The SMILES string of the molecule is Cc1cccc(CN2CCC(NC(=O)c3cc(O)cc(O)c3)CC2)c1. The fourth-order valence-corrected chi connectivity index (χ4v) is 3.30. The summed E-state index contributed by atoms with van der Waals surface area (Å²) < 4.78 is 0. The van der Waals surface area contributed by atoms with Crippen LogP contribution in [-0.4, -0.2) is 40.2 Å². The number of piperidine rings is 1. The van der Waals surface area contributed by atoms with E-state index in [2.05, 4.69) is 41.4 Å². The molecule has 2 aromatic rings. The van der Waals surface area contributed by atoms with E-state index in [1.54, 1.807) is 0 Å². The normalized spacial score (nSPS) is 15.9. The molecule has 0 radical (unpaired) electrons. The molecule has 0 aromatic heterocycles. The number of carbonyl (C=O) groups is 1. The minimum atomic E-state index is -0.261. The molecule has 25 heavy (non-hydrogen) atoms. The minimum Gasteiger partial charge on any atom is -0.508 e. The fourth-order valence-electron chi connectivity index (χ4n) is 3.30. The predicted octanol–water partition coefficient (Wildman–Crippen LogP) is 2.80. The molecule has 2 aromatic carbocycles. The van der Waals surface area contributed by atoms with Crippen molar-refractivity contribution >= 4 is 5.91 Å². The second-order valence-electron chi connectivity index (χ2n) is 6.75. The number of hydrogen-bond donors (Lipinski definition) is 3. The third-order valence-corrected chi connectivity index (χ3v) is 4.58. The standard InChI is InChI=1S/C20H24N2O3/c1-14-3-2-4-15(9-14)13-22-7-5-17(6-8-22)21-20(25)16-10-18(23)12-19(24)11-16/h2-4,9-12,17,23-24H,5-8,13H2,1H3,(H,21,25). The van der Waals surface area contributed by atoms with Crippen LogP contribution in [0.2, 0.25) is 0 Å². The van der Waals surface area contributed by atoms with Crippen LogP contribution in [0, 0.1) is 6.92 Å². The topological polar surface area (TPSA) is 72.8 Å². The van der Waals surface area contributed by atoms with Gasteiger partial charge in [-0.05, 0) is 37.5 Å². The average molecular weight is 340 g/mol. The van der Waals surface area contributed by atoms with Gasteiger partial charge in [-0.15, -0.1) is 0 Å². The van der Waals surface area contributed by atoms with Gasteiger partial charge >= 0.3 is 0 Å². The van der Waals surface area contributed by atoms with Gasteiger partial charge in [-0.25, -0.2) is 0 Å². The van der Waals surface area contributed by atoms with E-state index in [1.165, 1.54) is 29.3 Å². The molecule has 0 unspecified atom stereocenters. The van der Waals surface area contributed by atoms with E-state index in [9.17, 15) is 15.0 Å². The summed E-state index contributed by atoms with van der Waals surface area (Å²) in [6.07, 6.45) is 1.78. The quantitative estimate of drug-likeness (QED) is 0.800. The molecule has 132 valence electrons. The second kappa shape index (κ2) is 7.57. The number of carbonyl (C=O) groups excluding carboxylic acids is 1. The van der Waals surface area contributed by atoms with E-state index >= 15 is 0 Å². The van der Waals surface area contributed by atoms with Crippen molar-refractivity contribution in [3.8, 4) is 11.5 Å². The van der Waals surface area contributed by atoms with Gasteiger partial charge in [0.15, 0.2) is 0 Å². The summed E-state index contributed by atoms with van der Waals surface area (Å²) in [5.41, 5.74) is 2.87. The third kappa shape index (κ3) is 4.73. The minimum absolute atomic E-state index is 0.113. The van der Waals surface area contributed by atoms with Crippen LogP contribution in [0.15, 0.2) is 42.5 Å². The van der Waals surface area contributed by atoms with E-state index in [1.807, 2.05) is 0 Å². The molecule has 3 rings (SSSR count). The summed E-state index contributed by atoms with van der Waals surface area (Å²) in [4.78, 5) is 14.7. The number of benzene rings is 2. The van der Waals surface area contributed by atoms with Gasteiger partial charge in [-0.2, -0.15) is 0 Å². The molecule has 1 fully saturated rings. The van der Waals surface area contributed by atoms with Crippen LogP contribution in [0.4, 0.5) is 0 Å². The van der Waals surface area contributed by atoms with Crippen LogP contribution in [0.25, 0.3) is 0 Å². The van der Waals surface area contributed by atoms with Crippen molar-refractivity contribution in [3.05, 3.63) is 59.2 Å². The molecule has 5 nitrogen and oxygen atoms in total. The Kier molecular flexibility index (Phi) is 5.24. The number of nitrogens with zero attached hydrogens (tertiary/aromatic N) is 1. The largest absolute Gasteiger partial charge is 0.508 e. The highest BCUT2D eigenvalue weighted by Crippen LogP contribution is 2.21. The van der Waals surface area contributed by atoms with E-state index in [4.69, 9.17) is 0 Å². The lowest BCUT2D eigenvalue weighted by Crippen LogP contribution is -2.44. The van der Waals surface area contributed by atoms with Crippen molar-refractivity contribution in [1.82, 2.24) is 10.2 Å². The first kappa shape index (κ1) is 17.3. The van der Waals surface area contributed by atoms with Crippen LogP contribution < -0.4 is 5.32 Å². The van der Waals surface area contributed by atoms with Crippen molar-refractivity contribution in [2.45, 2.75) is 32.4 Å². The zero-order valence-corrected chi connectivity index (χ0v) is 14.4. The number of amides is 1. The number of hydrogen-bond acceptors (Lipinski definition) is 4. The monoisotopic (exact) mass is 340 g/mol. The molecule has 1 saturated heterocycles. The molecule has 3 N–H and O–H groups in total. The number of nitrogens with one attached hydrogen (secondary N) is 1. The number of aryl methyl sites for hydroxylation is 1. The zero-order chi connectivity index (χ0) is 17.8. The summed E-state index contributed by atoms with van der Waals surface area (Å²) in [6, 6.07) is 12.6. The summed E-state index contributed by atoms with van der Waals surface area (Å²) in [5.74, 6) is -0.486. The first-order valence-corrected chi connectivity index (χ1v) is 8.61. The lowest BCUT2D eigenvalue weighted by molar-refractivity contribution is 0.0908. The van der Waals surface area contributed by atoms with Crippen LogP contribution >= 0.6 is 0 Å². The molecule has 0 saturated carbocycles. The molecule has 1 aliphatic rings. The Bertz CT molecular complexity index is 732. The molecule has 5 heteroatoms. The molecule has 1 heterocycles. The fraction of sp³-hybridized carbons (Fsp3) is 0.350. The Morgan fingerprint density at radius 1 is 1.12 bits per heavy atom. The first-order chi connectivity index (χ1) is 12.0. The van der Waals surface area contributed by atoms with Crippen molar-refractivity contribution in [1.29, 1.82) is 0 Å². The molecular weight excluding hydrogens is 316 g/mol. The van der Waals surface area contributed by atoms with Crippen LogP contribution in [0.5, 0.6) is 11.5 Å². The Morgan fingerprint density at radius 3 is 2.44 bits per heavy atom. The molecule has 0 bridgehead atoms. The zero-order valence-electron chi connectivity index (χ0n) is 14.4. The maximum absolute atomic E-state index is 12.3. The lowest BCUT2D eigenvalue weighted by atomic mass is 10.0. The van der Waals surface area contributed by atoms with Gasteiger partial charge in [0.05, 0.1) is 0 Å². The molecule has 1 aliphatic heterocycles. The second-order valence-corrected chi connectivity index (χ2v) is 6.75. The number of rotatable bonds is 4. The molecule has 1 amide bonds. The van der Waals surface area contributed by atoms with Gasteiger partial charge in [-0.3, -0.25) is 9.69 Å². The van der Waals surface area contributed by atoms with Gasteiger partial charge < -0.3 is 15.5 Å². The van der Waals surface area contributed by atoms with E-state index in [-0.39, 0.29) is 29.0 Å². The smallest absolute Gasteiger partial charge is 0.251 e. The number of phenols is 2. The molecule has 0 atom stereocenters. The Morgan fingerprint density at radius 2 is 1.80 bits per heavy atom. The van der Waals surface area contributed by atoms with E-state index < -0.39 is 0 Å². The van der Waals surface area contributed by atoms with E-state index in [0.29, 0.717) is 0 Å². The maximum atomic E-state index is 12.3. The highest BCUT2D eigenvalue weighted by atomic mass is 16.3. The van der Waals surface area contributed by atoms with Gasteiger partial charge in [0.1, 0.15) is 11.5 Å². The number of aromatic hydroxyl groups is 2. The maximum Gasteiger partial charge on any atom is 0.251 e. The molecule has 0 aliphatic carbocycles. The molecular formula is C20H24N2O3. The summed E-state index contributed by atoms with van der Waals surface area (Å²) in [7, 11) is 0. The predicted molar refractivity (Wildman–Crippen MR) is 96.7 cm³/mol. The molecule has 0 spiro atoms. The number of likely N-dealkylation sites (tertiary alicyclic amines) is 1. The van der Waals surface area contributed by atoms with Crippen LogP contribution in [0.3, 0.4) is 0 Å². The van der Waals surface area contributed by atoms with Gasteiger partial charge in [0.2, 0.25) is 0 Å².